The quantitative estimate of drug-likeness (QED) is 0.334. The molecule has 0 radical (unpaired) electrons. The minimum Gasteiger partial charge on any atom is -0.348 e. The van der Waals surface area contributed by atoms with E-state index in [-0.39, 0.29) is 17.9 Å². The summed E-state index contributed by atoms with van der Waals surface area (Å²) >= 11 is 0. The minimum atomic E-state index is 0.0106. The van der Waals surface area contributed by atoms with E-state index < -0.39 is 0 Å². The van der Waals surface area contributed by atoms with Crippen molar-refractivity contribution in [1.82, 2.24) is 15.3 Å². The highest BCUT2D eigenvalue weighted by atomic mass is 16.1. The van der Waals surface area contributed by atoms with E-state index in [1.165, 1.54) is 0 Å². The maximum Gasteiger partial charge on any atom is 0.228 e. The Morgan fingerprint density at radius 3 is 2.74 bits per heavy atom. The number of hydrogen-bond acceptors (Lipinski definition) is 6. The van der Waals surface area contributed by atoms with Gasteiger partial charge in [-0.2, -0.15) is 4.98 Å². The van der Waals surface area contributed by atoms with Crippen molar-refractivity contribution in [3.8, 4) is 12.0 Å². The Hall–Kier alpha value is -3.89. The van der Waals surface area contributed by atoms with E-state index in [1.54, 1.807) is 13.1 Å². The molecule has 2 heterocycles. The van der Waals surface area contributed by atoms with Crippen LogP contribution in [0, 0.1) is 24.8 Å². The third-order valence-corrected chi connectivity index (χ3v) is 6.11. The number of carbonyl (C=O) groups excluding carboxylic acids is 1. The summed E-state index contributed by atoms with van der Waals surface area (Å²) < 4.78 is 0. The number of benzene rings is 2. The van der Waals surface area contributed by atoms with Gasteiger partial charge in [0.15, 0.2) is 0 Å². The van der Waals surface area contributed by atoms with Crippen LogP contribution < -0.4 is 20.9 Å². The first kappa shape index (κ1) is 24.2. The number of nitrogens with zero attached hydrogens (tertiary/aromatic N) is 3. The Balaban J connectivity index is 1.52. The van der Waals surface area contributed by atoms with Crippen molar-refractivity contribution >= 4 is 29.0 Å². The Morgan fingerprint density at radius 1 is 1.20 bits per heavy atom. The number of anilines is 4. The molecule has 1 aliphatic heterocycles. The van der Waals surface area contributed by atoms with E-state index in [2.05, 4.69) is 52.0 Å². The van der Waals surface area contributed by atoms with Crippen LogP contribution in [0.2, 0.25) is 0 Å². The topological polar surface area (TPSA) is 82.2 Å². The maximum atomic E-state index is 12.6. The van der Waals surface area contributed by atoms with Gasteiger partial charge in [0, 0.05) is 30.5 Å². The lowest BCUT2D eigenvalue weighted by atomic mass is 9.98. The number of aromatic nitrogens is 2. The van der Waals surface area contributed by atoms with E-state index >= 15 is 0 Å². The van der Waals surface area contributed by atoms with Gasteiger partial charge >= 0.3 is 0 Å². The van der Waals surface area contributed by atoms with Crippen LogP contribution in [0.5, 0.6) is 0 Å². The largest absolute Gasteiger partial charge is 0.348 e. The third kappa shape index (κ3) is 6.17. The summed E-state index contributed by atoms with van der Waals surface area (Å²) in [6, 6.07) is 21.1. The maximum absolute atomic E-state index is 12.6. The molecule has 0 saturated carbocycles. The van der Waals surface area contributed by atoms with Crippen LogP contribution in [0.4, 0.5) is 23.1 Å². The molecular weight excluding hydrogens is 436 g/mol. The standard InChI is InChI=1S/C28H32N6O/c1-4-17-34(26-14-16-30-28(33-26)31-21(3)22-9-6-5-7-10-22)25-13-12-24(18-20(25)2)32-27(35)23-11-8-15-29-19-23/h5-7,9-10,12-14,16,18,21,23,29H,8,11,15,19H2,1-3H3,(H,32,35)(H,30,31,33)/t21-,23?/m0/s1. The SMILES string of the molecule is CC#CN(c1ccnc(N[C@@H](C)c2ccccc2)n1)c1ccc(NC(=O)C2CCCNC2)cc1C. The van der Waals surface area contributed by atoms with Gasteiger partial charge in [0.1, 0.15) is 5.82 Å². The van der Waals surface area contributed by atoms with Crippen molar-refractivity contribution in [3.63, 3.8) is 0 Å². The normalized spacial score (nSPS) is 15.9. The van der Waals surface area contributed by atoms with Gasteiger partial charge < -0.3 is 16.0 Å². The van der Waals surface area contributed by atoms with Gasteiger partial charge in [-0.1, -0.05) is 36.3 Å². The molecule has 1 saturated heterocycles. The second kappa shape index (κ2) is 11.5. The highest BCUT2D eigenvalue weighted by Gasteiger charge is 2.21. The molecule has 3 N–H and O–H groups in total. The number of piperidine rings is 1. The molecule has 1 unspecified atom stereocenters. The third-order valence-electron chi connectivity index (χ3n) is 6.11. The molecule has 3 aromatic rings. The fourth-order valence-electron chi connectivity index (χ4n) is 4.22. The van der Waals surface area contributed by atoms with Crippen LogP contribution >= 0.6 is 0 Å². The fraction of sp³-hybridized carbons (Fsp3) is 0.321. The molecule has 2 aromatic carbocycles. The van der Waals surface area contributed by atoms with Crippen molar-refractivity contribution in [2.24, 2.45) is 5.92 Å². The first-order valence-corrected chi connectivity index (χ1v) is 12.0. The van der Waals surface area contributed by atoms with Crippen LogP contribution in [-0.2, 0) is 4.79 Å². The first-order chi connectivity index (χ1) is 17.0. The van der Waals surface area contributed by atoms with Crippen LogP contribution in [0.3, 0.4) is 0 Å². The Bertz CT molecular complexity index is 1210. The van der Waals surface area contributed by atoms with Gasteiger partial charge in [0.05, 0.1) is 17.6 Å². The summed E-state index contributed by atoms with van der Waals surface area (Å²) in [7, 11) is 0. The molecular formula is C28H32N6O. The summed E-state index contributed by atoms with van der Waals surface area (Å²) in [5.41, 5.74) is 3.83. The van der Waals surface area contributed by atoms with Crippen molar-refractivity contribution in [2.45, 2.75) is 39.7 Å². The first-order valence-electron chi connectivity index (χ1n) is 12.0. The highest BCUT2D eigenvalue weighted by Crippen LogP contribution is 2.30. The molecule has 35 heavy (non-hydrogen) atoms. The van der Waals surface area contributed by atoms with E-state index in [0.717, 1.165) is 48.4 Å². The monoisotopic (exact) mass is 468 g/mol. The van der Waals surface area contributed by atoms with Gasteiger partial charge in [0.2, 0.25) is 11.9 Å². The highest BCUT2D eigenvalue weighted by molar-refractivity contribution is 5.93. The summed E-state index contributed by atoms with van der Waals surface area (Å²) in [6.45, 7) is 7.60. The molecule has 4 rings (SSSR count). The lowest BCUT2D eigenvalue weighted by Gasteiger charge is -2.23. The summed E-state index contributed by atoms with van der Waals surface area (Å²) in [5.74, 6) is 4.26. The predicted octanol–water partition coefficient (Wildman–Crippen LogP) is 5.02. The van der Waals surface area contributed by atoms with Gasteiger partial charge in [0.25, 0.3) is 0 Å². The predicted molar refractivity (Wildman–Crippen MR) is 142 cm³/mol. The Kier molecular flexibility index (Phi) is 7.96. The van der Waals surface area contributed by atoms with Crippen LogP contribution in [-0.4, -0.2) is 29.0 Å². The van der Waals surface area contributed by atoms with E-state index in [1.807, 2.05) is 54.3 Å². The molecule has 7 nitrogen and oxygen atoms in total. The lowest BCUT2D eigenvalue weighted by Crippen LogP contribution is -2.37. The number of hydrogen-bond donors (Lipinski definition) is 3. The summed E-state index contributed by atoms with van der Waals surface area (Å²) in [5, 5.41) is 9.74. The zero-order chi connectivity index (χ0) is 24.6. The van der Waals surface area contributed by atoms with Crippen molar-refractivity contribution < 1.29 is 4.79 Å². The average Bonchev–Trinajstić information content (AvgIpc) is 2.89. The number of carbonyl (C=O) groups is 1. The fourth-order valence-corrected chi connectivity index (χ4v) is 4.22. The summed E-state index contributed by atoms with van der Waals surface area (Å²) in [4.78, 5) is 23.6. The zero-order valence-corrected chi connectivity index (χ0v) is 20.5. The second-order valence-corrected chi connectivity index (χ2v) is 8.75. The van der Waals surface area contributed by atoms with Crippen LogP contribution in [0.15, 0.2) is 60.8 Å². The molecule has 0 spiro atoms. The number of amides is 1. The summed E-state index contributed by atoms with van der Waals surface area (Å²) in [6.07, 6.45) is 3.68. The van der Waals surface area contributed by atoms with Gasteiger partial charge in [-0.3, -0.25) is 9.69 Å². The Morgan fingerprint density at radius 2 is 2.03 bits per heavy atom. The zero-order valence-electron chi connectivity index (χ0n) is 20.5. The van der Waals surface area contributed by atoms with Crippen molar-refractivity contribution in [2.75, 3.05) is 28.6 Å². The molecule has 180 valence electrons. The smallest absolute Gasteiger partial charge is 0.228 e. The Labute approximate surface area is 207 Å². The average molecular weight is 469 g/mol. The second-order valence-electron chi connectivity index (χ2n) is 8.75. The van der Waals surface area contributed by atoms with Gasteiger partial charge in [-0.25, -0.2) is 4.98 Å². The molecule has 1 fully saturated rings. The van der Waals surface area contributed by atoms with Crippen molar-refractivity contribution in [3.05, 3.63) is 71.9 Å². The van der Waals surface area contributed by atoms with E-state index in [9.17, 15) is 4.79 Å². The minimum absolute atomic E-state index is 0.0106. The van der Waals surface area contributed by atoms with E-state index in [0.29, 0.717) is 11.8 Å². The molecule has 7 heteroatoms. The molecule has 1 aliphatic rings. The molecule has 0 aliphatic carbocycles. The van der Waals surface area contributed by atoms with E-state index in [4.69, 9.17) is 4.98 Å². The van der Waals surface area contributed by atoms with Crippen LogP contribution in [0.25, 0.3) is 0 Å². The number of nitrogens with one attached hydrogen (secondary N) is 3. The van der Waals surface area contributed by atoms with Crippen LogP contribution in [0.1, 0.15) is 43.9 Å². The number of aryl methyl sites for hydroxylation is 1. The molecule has 1 aromatic heterocycles. The van der Waals surface area contributed by atoms with Gasteiger partial charge in [-0.05, 0) is 69.5 Å². The lowest BCUT2D eigenvalue weighted by molar-refractivity contribution is -0.120. The van der Waals surface area contributed by atoms with Crippen molar-refractivity contribution in [1.29, 1.82) is 0 Å². The molecule has 2 atom stereocenters. The molecule has 1 amide bonds. The molecule has 0 bridgehead atoms. The van der Waals surface area contributed by atoms with Gasteiger partial charge in [-0.15, -0.1) is 0 Å². The number of rotatable bonds is 7.